The molecule has 0 saturated carbocycles. The van der Waals surface area contributed by atoms with Gasteiger partial charge in [-0.15, -0.1) is 0 Å². The number of halogens is 1. The van der Waals surface area contributed by atoms with E-state index in [1.165, 1.54) is 5.56 Å². The zero-order valence-electron chi connectivity index (χ0n) is 14.5. The fourth-order valence-corrected chi connectivity index (χ4v) is 3.96. The fourth-order valence-electron chi connectivity index (χ4n) is 3.77. The molecule has 1 aliphatic heterocycles. The first-order chi connectivity index (χ1) is 12.0. The van der Waals surface area contributed by atoms with E-state index in [4.69, 9.17) is 17.3 Å². The average Bonchev–Trinajstić information content (AvgIpc) is 3.11. The summed E-state index contributed by atoms with van der Waals surface area (Å²) in [5.41, 5.74) is 10.4. The third-order valence-corrected chi connectivity index (χ3v) is 5.47. The molecular formula is C19H22ClN5. The number of nitrogens with two attached hydrogens (primary N) is 1. The molecular weight excluding hydrogens is 334 g/mol. The Labute approximate surface area is 152 Å². The van der Waals surface area contributed by atoms with Crippen LogP contribution in [0.4, 0.5) is 0 Å². The van der Waals surface area contributed by atoms with E-state index in [0.717, 1.165) is 48.3 Å². The Balaban J connectivity index is 1.58. The zero-order valence-corrected chi connectivity index (χ0v) is 15.3. The molecule has 3 heterocycles. The second-order valence-electron chi connectivity index (χ2n) is 7.00. The Kier molecular flexibility index (Phi) is 4.02. The summed E-state index contributed by atoms with van der Waals surface area (Å²) >= 11 is 6.44. The molecule has 0 radical (unpaired) electrons. The van der Waals surface area contributed by atoms with E-state index < -0.39 is 0 Å². The number of aromatic nitrogens is 3. The maximum Gasteiger partial charge on any atom is 0.159 e. The van der Waals surface area contributed by atoms with Crippen LogP contribution in [-0.2, 0) is 19.1 Å². The molecule has 1 aromatic carbocycles. The van der Waals surface area contributed by atoms with Gasteiger partial charge in [-0.1, -0.05) is 41.9 Å². The topological polar surface area (TPSA) is 60.0 Å². The van der Waals surface area contributed by atoms with Gasteiger partial charge in [-0.2, -0.15) is 5.10 Å². The van der Waals surface area contributed by atoms with Crippen molar-refractivity contribution in [2.75, 3.05) is 13.1 Å². The van der Waals surface area contributed by atoms with E-state index in [0.29, 0.717) is 5.15 Å². The lowest BCUT2D eigenvalue weighted by Crippen LogP contribution is -2.39. The first-order valence-corrected chi connectivity index (χ1v) is 8.89. The molecule has 0 bridgehead atoms. The number of hydrogen-bond acceptors (Lipinski definition) is 4. The number of fused-ring (bicyclic) bond motifs is 1. The lowest BCUT2D eigenvalue weighted by Gasteiger charge is -2.25. The van der Waals surface area contributed by atoms with Crippen LogP contribution in [0.3, 0.4) is 0 Å². The van der Waals surface area contributed by atoms with Crippen molar-refractivity contribution in [2.45, 2.75) is 25.4 Å². The van der Waals surface area contributed by atoms with Gasteiger partial charge in [0.25, 0.3) is 0 Å². The standard InChI is InChI=1S/C19H22ClN5/c1-13-16-10-14(17(20)22-18(16)24(2)23-13)11-25-9-8-19(21,12-25)15-6-4-3-5-7-15/h3-7,10H,8-9,11-12,21H2,1-2H3. The predicted octanol–water partition coefficient (Wildman–Crippen LogP) is 2.99. The fraction of sp³-hybridized carbons (Fsp3) is 0.368. The van der Waals surface area contributed by atoms with E-state index in [2.05, 4.69) is 33.2 Å². The molecule has 5 nitrogen and oxygen atoms in total. The quantitative estimate of drug-likeness (QED) is 0.734. The molecule has 1 atom stereocenters. The number of rotatable bonds is 3. The Morgan fingerprint density at radius 1 is 1.28 bits per heavy atom. The van der Waals surface area contributed by atoms with Crippen LogP contribution >= 0.6 is 11.6 Å². The van der Waals surface area contributed by atoms with Gasteiger partial charge in [-0.3, -0.25) is 9.58 Å². The summed E-state index contributed by atoms with van der Waals surface area (Å²) in [4.78, 5) is 6.90. The maximum atomic E-state index is 6.68. The normalized spacial score (nSPS) is 21.3. The Morgan fingerprint density at radius 3 is 2.80 bits per heavy atom. The highest BCUT2D eigenvalue weighted by molar-refractivity contribution is 6.30. The van der Waals surface area contributed by atoms with Crippen molar-refractivity contribution in [2.24, 2.45) is 12.8 Å². The summed E-state index contributed by atoms with van der Waals surface area (Å²) in [6, 6.07) is 12.5. The summed E-state index contributed by atoms with van der Waals surface area (Å²) in [5.74, 6) is 0. The largest absolute Gasteiger partial charge is 0.320 e. The minimum Gasteiger partial charge on any atom is -0.320 e. The van der Waals surface area contributed by atoms with Gasteiger partial charge in [0.05, 0.1) is 11.2 Å². The molecule has 1 saturated heterocycles. The van der Waals surface area contributed by atoms with Crippen LogP contribution in [0.25, 0.3) is 11.0 Å². The lowest BCUT2D eigenvalue weighted by atomic mass is 9.90. The highest BCUT2D eigenvalue weighted by Gasteiger charge is 2.36. The number of hydrogen-bond donors (Lipinski definition) is 1. The van der Waals surface area contributed by atoms with E-state index >= 15 is 0 Å². The van der Waals surface area contributed by atoms with Crippen molar-refractivity contribution in [1.82, 2.24) is 19.7 Å². The number of likely N-dealkylation sites (tertiary alicyclic amines) is 1. The third-order valence-electron chi connectivity index (χ3n) is 5.15. The highest BCUT2D eigenvalue weighted by Crippen LogP contribution is 2.31. The minimum absolute atomic E-state index is 0.296. The Hall–Kier alpha value is -1.95. The van der Waals surface area contributed by atoms with E-state index in [1.54, 1.807) is 4.68 Å². The second-order valence-corrected chi connectivity index (χ2v) is 7.36. The van der Waals surface area contributed by atoms with Crippen molar-refractivity contribution in [3.63, 3.8) is 0 Å². The van der Waals surface area contributed by atoms with Crippen LogP contribution in [0.2, 0.25) is 5.15 Å². The van der Waals surface area contributed by atoms with Gasteiger partial charge >= 0.3 is 0 Å². The molecule has 1 fully saturated rings. The van der Waals surface area contributed by atoms with Crippen molar-refractivity contribution in [3.8, 4) is 0 Å². The maximum absolute atomic E-state index is 6.68. The Bertz CT molecular complexity index is 920. The van der Waals surface area contributed by atoms with Gasteiger partial charge in [0.15, 0.2) is 5.65 Å². The van der Waals surface area contributed by atoms with Crippen LogP contribution in [-0.4, -0.2) is 32.8 Å². The Morgan fingerprint density at radius 2 is 2.04 bits per heavy atom. The van der Waals surface area contributed by atoms with Crippen molar-refractivity contribution in [1.29, 1.82) is 0 Å². The smallest absolute Gasteiger partial charge is 0.159 e. The van der Waals surface area contributed by atoms with Crippen LogP contribution in [0.1, 0.15) is 23.2 Å². The number of benzene rings is 1. The highest BCUT2D eigenvalue weighted by atomic mass is 35.5. The monoisotopic (exact) mass is 355 g/mol. The third kappa shape index (κ3) is 2.92. The number of nitrogens with zero attached hydrogens (tertiary/aromatic N) is 4. The lowest BCUT2D eigenvalue weighted by molar-refractivity contribution is 0.304. The molecule has 0 spiro atoms. The first-order valence-electron chi connectivity index (χ1n) is 8.52. The zero-order chi connectivity index (χ0) is 17.6. The van der Waals surface area contributed by atoms with E-state index in [9.17, 15) is 0 Å². The summed E-state index contributed by atoms with van der Waals surface area (Å²) in [7, 11) is 1.89. The van der Waals surface area contributed by atoms with Gasteiger partial charge in [-0.05, 0) is 25.0 Å². The van der Waals surface area contributed by atoms with Crippen LogP contribution in [0, 0.1) is 6.92 Å². The van der Waals surface area contributed by atoms with Gasteiger partial charge in [0, 0.05) is 37.6 Å². The van der Waals surface area contributed by atoms with E-state index in [-0.39, 0.29) is 5.54 Å². The molecule has 130 valence electrons. The van der Waals surface area contributed by atoms with Crippen LogP contribution in [0.15, 0.2) is 36.4 Å². The van der Waals surface area contributed by atoms with Gasteiger partial charge in [-0.25, -0.2) is 4.98 Å². The molecule has 3 aromatic rings. The number of aryl methyl sites for hydroxylation is 2. The van der Waals surface area contributed by atoms with Crippen LogP contribution in [0.5, 0.6) is 0 Å². The average molecular weight is 356 g/mol. The van der Waals surface area contributed by atoms with Crippen molar-refractivity contribution < 1.29 is 0 Å². The van der Waals surface area contributed by atoms with Crippen molar-refractivity contribution in [3.05, 3.63) is 58.4 Å². The summed E-state index contributed by atoms with van der Waals surface area (Å²) < 4.78 is 1.77. The molecule has 0 amide bonds. The van der Waals surface area contributed by atoms with Crippen LogP contribution < -0.4 is 5.73 Å². The SMILES string of the molecule is Cc1nn(C)c2nc(Cl)c(CN3CCC(N)(c4ccccc4)C3)cc12. The molecule has 2 N–H and O–H groups in total. The molecule has 4 rings (SSSR count). The summed E-state index contributed by atoms with van der Waals surface area (Å²) in [5, 5.41) is 6.03. The molecule has 25 heavy (non-hydrogen) atoms. The molecule has 0 aliphatic carbocycles. The molecule has 1 aliphatic rings. The first kappa shape index (κ1) is 16.5. The summed E-state index contributed by atoms with van der Waals surface area (Å²) in [6.07, 6.45) is 0.941. The molecule has 6 heteroatoms. The van der Waals surface area contributed by atoms with Crippen molar-refractivity contribution >= 4 is 22.6 Å². The summed E-state index contributed by atoms with van der Waals surface area (Å²) in [6.45, 7) is 4.52. The van der Waals surface area contributed by atoms with E-state index in [1.807, 2.05) is 32.2 Å². The molecule has 2 aromatic heterocycles. The van der Waals surface area contributed by atoms with Gasteiger partial charge in [0.1, 0.15) is 5.15 Å². The minimum atomic E-state index is -0.296. The second kappa shape index (κ2) is 6.09. The number of pyridine rings is 1. The predicted molar refractivity (Wildman–Crippen MR) is 100 cm³/mol. The van der Waals surface area contributed by atoms with Gasteiger partial charge < -0.3 is 5.73 Å². The van der Waals surface area contributed by atoms with Gasteiger partial charge in [0.2, 0.25) is 0 Å². The molecule has 1 unspecified atom stereocenters.